The molecule has 5 fully saturated rings. The first-order valence-corrected chi connectivity index (χ1v) is 11.1. The highest BCUT2D eigenvalue weighted by Crippen LogP contribution is 2.55. The van der Waals surface area contributed by atoms with Crippen LogP contribution in [0, 0.1) is 23.7 Å². The van der Waals surface area contributed by atoms with Crippen molar-refractivity contribution in [2.45, 2.75) is 38.1 Å². The molecule has 28 heavy (non-hydrogen) atoms. The van der Waals surface area contributed by atoms with E-state index < -0.39 is 0 Å². The first kappa shape index (κ1) is 18.4. The molecule has 5 heteroatoms. The number of anilines is 1. The summed E-state index contributed by atoms with van der Waals surface area (Å²) in [7, 11) is 1.64. The molecular weight excluding hydrogens is 350 g/mol. The minimum Gasteiger partial charge on any atom is -0.497 e. The lowest BCUT2D eigenvalue weighted by Gasteiger charge is -2.58. The van der Waals surface area contributed by atoms with Gasteiger partial charge in [0.05, 0.1) is 13.7 Å². The van der Waals surface area contributed by atoms with Crippen LogP contribution < -0.4 is 10.1 Å². The van der Waals surface area contributed by atoms with Gasteiger partial charge in [-0.25, -0.2) is 0 Å². The summed E-state index contributed by atoms with van der Waals surface area (Å²) in [4.78, 5) is 17.5. The van der Waals surface area contributed by atoms with Gasteiger partial charge in [0.1, 0.15) is 5.75 Å². The molecule has 0 unspecified atom stereocenters. The zero-order chi connectivity index (χ0) is 19.1. The summed E-state index contributed by atoms with van der Waals surface area (Å²) < 4.78 is 5.23. The maximum absolute atomic E-state index is 12.5. The third-order valence-corrected chi connectivity index (χ3v) is 7.73. The van der Waals surface area contributed by atoms with Crippen molar-refractivity contribution in [3.8, 4) is 5.75 Å². The van der Waals surface area contributed by atoms with Gasteiger partial charge >= 0.3 is 0 Å². The summed E-state index contributed by atoms with van der Waals surface area (Å²) >= 11 is 0. The zero-order valence-electron chi connectivity index (χ0n) is 17.0. The largest absolute Gasteiger partial charge is 0.497 e. The first-order valence-electron chi connectivity index (χ1n) is 11.1. The van der Waals surface area contributed by atoms with Crippen molar-refractivity contribution < 1.29 is 9.53 Å². The Labute approximate surface area is 168 Å². The highest BCUT2D eigenvalue weighted by molar-refractivity contribution is 5.92. The molecule has 1 amide bonds. The van der Waals surface area contributed by atoms with Gasteiger partial charge in [-0.15, -0.1) is 0 Å². The molecular formula is C23H33N3O2. The van der Waals surface area contributed by atoms with Crippen LogP contribution >= 0.6 is 0 Å². The van der Waals surface area contributed by atoms with Gasteiger partial charge in [0, 0.05) is 44.0 Å². The summed E-state index contributed by atoms with van der Waals surface area (Å²) in [5.41, 5.74) is 0.802. The molecule has 1 heterocycles. The number of piperazine rings is 1. The molecule has 5 nitrogen and oxygen atoms in total. The van der Waals surface area contributed by atoms with Gasteiger partial charge in [-0.05, 0) is 67.9 Å². The van der Waals surface area contributed by atoms with Crippen molar-refractivity contribution >= 4 is 11.6 Å². The normalized spacial score (nSPS) is 35.1. The van der Waals surface area contributed by atoms with Crippen molar-refractivity contribution in [3.05, 3.63) is 24.3 Å². The van der Waals surface area contributed by atoms with Crippen molar-refractivity contribution in [3.63, 3.8) is 0 Å². The van der Waals surface area contributed by atoms with Crippen LogP contribution in [0.4, 0.5) is 5.69 Å². The summed E-state index contributed by atoms with van der Waals surface area (Å²) in [6.07, 6.45) is 7.47. The van der Waals surface area contributed by atoms with Crippen LogP contribution in [0.15, 0.2) is 24.3 Å². The maximum Gasteiger partial charge on any atom is 0.238 e. The van der Waals surface area contributed by atoms with Crippen LogP contribution in [0.25, 0.3) is 0 Å². The Morgan fingerprint density at radius 1 is 1.04 bits per heavy atom. The number of benzene rings is 1. The van der Waals surface area contributed by atoms with Crippen LogP contribution in [0.1, 0.15) is 32.1 Å². The van der Waals surface area contributed by atoms with Crippen molar-refractivity contribution in [2.75, 3.05) is 45.2 Å². The Hall–Kier alpha value is -1.59. The van der Waals surface area contributed by atoms with Crippen molar-refractivity contribution in [1.82, 2.24) is 9.80 Å². The molecule has 5 aliphatic rings. The second-order valence-electron chi connectivity index (χ2n) is 9.51. The van der Waals surface area contributed by atoms with Crippen LogP contribution in [-0.4, -0.2) is 61.6 Å². The van der Waals surface area contributed by atoms with E-state index in [1.54, 1.807) is 7.11 Å². The lowest BCUT2D eigenvalue weighted by Crippen LogP contribution is -2.60. The Balaban J connectivity index is 1.12. The van der Waals surface area contributed by atoms with E-state index in [9.17, 15) is 4.79 Å². The summed E-state index contributed by atoms with van der Waals surface area (Å²) in [5.74, 6) is 4.83. The molecule has 4 saturated carbocycles. The number of hydrogen-bond donors (Lipinski definition) is 1. The molecule has 1 saturated heterocycles. The third kappa shape index (κ3) is 3.67. The van der Waals surface area contributed by atoms with E-state index in [0.29, 0.717) is 6.54 Å². The number of rotatable bonds is 5. The molecule has 4 bridgehead atoms. The predicted molar refractivity (Wildman–Crippen MR) is 110 cm³/mol. The maximum atomic E-state index is 12.5. The SMILES string of the molecule is COc1cccc(NC(=O)CN2CCN(C3C4CC5CC(C4)CC3C5)CC2)c1. The van der Waals surface area contributed by atoms with E-state index in [2.05, 4.69) is 15.1 Å². The summed E-state index contributed by atoms with van der Waals surface area (Å²) in [5, 5.41) is 3.01. The van der Waals surface area contributed by atoms with Crippen LogP contribution in [-0.2, 0) is 4.79 Å². The van der Waals surface area contributed by atoms with Crippen LogP contribution in [0.2, 0.25) is 0 Å². The monoisotopic (exact) mass is 383 g/mol. The highest BCUT2D eigenvalue weighted by Gasteiger charge is 2.50. The minimum absolute atomic E-state index is 0.0660. The number of amides is 1. The van der Waals surface area contributed by atoms with E-state index in [0.717, 1.165) is 67.3 Å². The average molecular weight is 384 g/mol. The van der Waals surface area contributed by atoms with Crippen molar-refractivity contribution in [2.24, 2.45) is 23.7 Å². The van der Waals surface area contributed by atoms with Crippen molar-refractivity contribution in [1.29, 1.82) is 0 Å². The molecule has 0 spiro atoms. The van der Waals surface area contributed by atoms with Gasteiger partial charge in [-0.2, -0.15) is 0 Å². The van der Waals surface area contributed by atoms with Gasteiger partial charge in [0.15, 0.2) is 0 Å². The second-order valence-corrected chi connectivity index (χ2v) is 9.51. The highest BCUT2D eigenvalue weighted by atomic mass is 16.5. The molecule has 152 valence electrons. The standard InChI is InChI=1S/C23H33N3O2/c1-28-21-4-2-3-20(14-21)24-22(27)15-25-5-7-26(8-6-25)23-18-10-16-9-17(12-18)13-19(23)11-16/h2-4,14,16-19,23H,5-13,15H2,1H3,(H,24,27). The van der Waals surface area contributed by atoms with Gasteiger partial charge in [0.25, 0.3) is 0 Å². The molecule has 1 aromatic carbocycles. The molecule has 6 rings (SSSR count). The van der Waals surface area contributed by atoms with E-state index in [4.69, 9.17) is 4.74 Å². The number of carbonyl (C=O) groups is 1. The van der Waals surface area contributed by atoms with E-state index in [1.165, 1.54) is 32.1 Å². The number of hydrogen-bond acceptors (Lipinski definition) is 4. The first-order chi connectivity index (χ1) is 13.7. The number of nitrogens with one attached hydrogen (secondary N) is 1. The smallest absolute Gasteiger partial charge is 0.238 e. The quantitative estimate of drug-likeness (QED) is 0.849. The zero-order valence-corrected chi connectivity index (χ0v) is 17.0. The molecule has 0 aromatic heterocycles. The van der Waals surface area contributed by atoms with Gasteiger partial charge < -0.3 is 10.1 Å². The molecule has 1 aromatic rings. The van der Waals surface area contributed by atoms with Gasteiger partial charge in [-0.3, -0.25) is 14.6 Å². The number of carbonyl (C=O) groups excluding carboxylic acids is 1. The fourth-order valence-corrected chi connectivity index (χ4v) is 6.82. The third-order valence-electron chi connectivity index (χ3n) is 7.73. The fourth-order valence-electron chi connectivity index (χ4n) is 6.82. The fraction of sp³-hybridized carbons (Fsp3) is 0.696. The van der Waals surface area contributed by atoms with Gasteiger partial charge in [-0.1, -0.05) is 6.07 Å². The minimum atomic E-state index is 0.0660. The molecule has 4 aliphatic carbocycles. The average Bonchev–Trinajstić information content (AvgIpc) is 2.68. The lowest BCUT2D eigenvalue weighted by atomic mass is 9.54. The Kier molecular flexibility index (Phi) is 5.06. The summed E-state index contributed by atoms with van der Waals surface area (Å²) in [6.45, 7) is 4.74. The predicted octanol–water partition coefficient (Wildman–Crippen LogP) is 3.08. The molecule has 0 radical (unpaired) electrons. The second kappa shape index (κ2) is 7.68. The lowest BCUT2D eigenvalue weighted by molar-refractivity contribution is -0.118. The number of methoxy groups -OCH3 is 1. The van der Waals surface area contributed by atoms with Crippen LogP contribution in [0.5, 0.6) is 5.75 Å². The molecule has 1 N–H and O–H groups in total. The Bertz CT molecular complexity index is 686. The van der Waals surface area contributed by atoms with Crippen LogP contribution in [0.3, 0.4) is 0 Å². The molecule has 1 aliphatic heterocycles. The Morgan fingerprint density at radius 3 is 2.36 bits per heavy atom. The van der Waals surface area contributed by atoms with E-state index >= 15 is 0 Å². The summed E-state index contributed by atoms with van der Waals surface area (Å²) in [6, 6.07) is 8.39. The van der Waals surface area contributed by atoms with Gasteiger partial charge in [0.2, 0.25) is 5.91 Å². The van der Waals surface area contributed by atoms with E-state index in [-0.39, 0.29) is 5.91 Å². The topological polar surface area (TPSA) is 44.8 Å². The molecule has 0 atom stereocenters. The van der Waals surface area contributed by atoms with E-state index in [1.807, 2.05) is 24.3 Å². The number of ether oxygens (including phenoxy) is 1. The Morgan fingerprint density at radius 2 is 1.71 bits per heavy atom. The number of nitrogens with zero attached hydrogens (tertiary/aromatic N) is 2.